The summed E-state index contributed by atoms with van der Waals surface area (Å²) in [5.41, 5.74) is 0.581. The summed E-state index contributed by atoms with van der Waals surface area (Å²) in [4.78, 5) is 0. The normalized spacial score (nSPS) is 21.4. The van der Waals surface area contributed by atoms with Gasteiger partial charge >= 0.3 is 0 Å². The highest BCUT2D eigenvalue weighted by atomic mass is 16.5. The van der Waals surface area contributed by atoms with Gasteiger partial charge in [0.1, 0.15) is 0 Å². The Labute approximate surface area is 103 Å². The van der Waals surface area contributed by atoms with Crippen LogP contribution in [-0.2, 0) is 18.2 Å². The van der Waals surface area contributed by atoms with E-state index in [1.54, 1.807) is 11.8 Å². The van der Waals surface area contributed by atoms with Gasteiger partial charge in [-0.1, -0.05) is 19.3 Å². The second-order valence-corrected chi connectivity index (χ2v) is 5.03. The van der Waals surface area contributed by atoms with Gasteiger partial charge < -0.3 is 9.84 Å². The summed E-state index contributed by atoms with van der Waals surface area (Å²) in [7, 11) is 3.61. The van der Waals surface area contributed by atoms with Crippen LogP contribution in [0.5, 0.6) is 0 Å². The van der Waals surface area contributed by atoms with E-state index in [0.29, 0.717) is 6.42 Å². The minimum atomic E-state index is -0.456. The maximum Gasteiger partial charge on any atom is 0.0940 e. The fourth-order valence-electron chi connectivity index (χ4n) is 2.78. The van der Waals surface area contributed by atoms with E-state index in [4.69, 9.17) is 4.74 Å². The lowest BCUT2D eigenvalue weighted by Crippen LogP contribution is -2.46. The minimum Gasteiger partial charge on any atom is -0.390 e. The number of aliphatic hydroxyl groups excluding tert-OH is 1. The molecule has 0 radical (unpaired) electrons. The third kappa shape index (κ3) is 2.69. The van der Waals surface area contributed by atoms with Crippen molar-refractivity contribution in [1.29, 1.82) is 0 Å². The van der Waals surface area contributed by atoms with Crippen molar-refractivity contribution in [2.45, 2.75) is 50.2 Å². The molecule has 17 heavy (non-hydrogen) atoms. The molecule has 1 saturated carbocycles. The Hall–Kier alpha value is -0.870. The van der Waals surface area contributed by atoms with E-state index in [-0.39, 0.29) is 5.60 Å². The van der Waals surface area contributed by atoms with Crippen LogP contribution in [0.4, 0.5) is 0 Å². The molecule has 0 aliphatic heterocycles. The topological polar surface area (TPSA) is 47.3 Å². The molecule has 0 saturated heterocycles. The van der Waals surface area contributed by atoms with Crippen molar-refractivity contribution in [1.82, 2.24) is 9.78 Å². The number of rotatable bonds is 4. The fourth-order valence-corrected chi connectivity index (χ4v) is 2.78. The van der Waals surface area contributed by atoms with Crippen LogP contribution in [0.3, 0.4) is 0 Å². The van der Waals surface area contributed by atoms with Gasteiger partial charge in [0.05, 0.1) is 17.4 Å². The van der Waals surface area contributed by atoms with Gasteiger partial charge in [0, 0.05) is 26.8 Å². The Morgan fingerprint density at radius 1 is 1.47 bits per heavy atom. The molecule has 1 aromatic heterocycles. The van der Waals surface area contributed by atoms with Crippen molar-refractivity contribution in [2.75, 3.05) is 7.11 Å². The minimum absolute atomic E-state index is 0.351. The van der Waals surface area contributed by atoms with Gasteiger partial charge in [0.2, 0.25) is 0 Å². The van der Waals surface area contributed by atoms with Gasteiger partial charge in [-0.3, -0.25) is 4.68 Å². The SMILES string of the molecule is COC1(C(O)Cc2ccn(C)n2)CCCCC1. The van der Waals surface area contributed by atoms with Crippen LogP contribution >= 0.6 is 0 Å². The Morgan fingerprint density at radius 2 is 2.18 bits per heavy atom. The molecule has 96 valence electrons. The monoisotopic (exact) mass is 238 g/mol. The van der Waals surface area contributed by atoms with Gasteiger partial charge in [-0.2, -0.15) is 5.10 Å². The van der Waals surface area contributed by atoms with E-state index >= 15 is 0 Å². The lowest BCUT2D eigenvalue weighted by Gasteiger charge is -2.39. The zero-order chi connectivity index (χ0) is 12.3. The highest BCUT2D eigenvalue weighted by molar-refractivity contribution is 5.04. The molecular weight excluding hydrogens is 216 g/mol. The van der Waals surface area contributed by atoms with Gasteiger partial charge in [-0.15, -0.1) is 0 Å². The quantitative estimate of drug-likeness (QED) is 0.868. The number of aromatic nitrogens is 2. The smallest absolute Gasteiger partial charge is 0.0940 e. The number of ether oxygens (including phenoxy) is 1. The molecule has 1 unspecified atom stereocenters. The summed E-state index contributed by atoms with van der Waals surface area (Å²) in [6.07, 6.45) is 7.48. The van der Waals surface area contributed by atoms with Gasteiger partial charge in [0.15, 0.2) is 0 Å². The summed E-state index contributed by atoms with van der Waals surface area (Å²) in [5.74, 6) is 0. The van der Waals surface area contributed by atoms with Gasteiger partial charge in [-0.25, -0.2) is 0 Å². The zero-order valence-electron chi connectivity index (χ0n) is 10.7. The van der Waals surface area contributed by atoms with E-state index in [9.17, 15) is 5.11 Å². The molecule has 0 amide bonds. The van der Waals surface area contributed by atoms with Crippen molar-refractivity contribution in [3.05, 3.63) is 18.0 Å². The summed E-state index contributed by atoms with van der Waals surface area (Å²) in [6.45, 7) is 0. The van der Waals surface area contributed by atoms with Crippen LogP contribution in [0, 0.1) is 0 Å². The maximum atomic E-state index is 10.4. The molecule has 4 heteroatoms. The molecule has 1 aliphatic carbocycles. The van der Waals surface area contributed by atoms with Crippen molar-refractivity contribution < 1.29 is 9.84 Å². The van der Waals surface area contributed by atoms with Crippen LogP contribution in [0.15, 0.2) is 12.3 Å². The molecule has 1 N–H and O–H groups in total. The Kier molecular flexibility index (Phi) is 3.84. The number of methoxy groups -OCH3 is 1. The predicted octanol–water partition coefficient (Wildman–Crippen LogP) is 1.67. The average molecular weight is 238 g/mol. The van der Waals surface area contributed by atoms with E-state index in [1.165, 1.54) is 6.42 Å². The second-order valence-electron chi connectivity index (χ2n) is 5.03. The van der Waals surface area contributed by atoms with Gasteiger partial charge in [0.25, 0.3) is 0 Å². The number of hydrogen-bond acceptors (Lipinski definition) is 3. The Balaban J connectivity index is 2.04. The highest BCUT2D eigenvalue weighted by Gasteiger charge is 2.39. The molecule has 2 rings (SSSR count). The Morgan fingerprint density at radius 3 is 2.71 bits per heavy atom. The van der Waals surface area contributed by atoms with Crippen LogP contribution < -0.4 is 0 Å². The largest absolute Gasteiger partial charge is 0.390 e. The second kappa shape index (κ2) is 5.19. The first-order valence-electron chi connectivity index (χ1n) is 6.38. The molecule has 0 bridgehead atoms. The van der Waals surface area contributed by atoms with Crippen LogP contribution in [-0.4, -0.2) is 33.7 Å². The molecule has 1 aliphatic rings. The van der Waals surface area contributed by atoms with Crippen LogP contribution in [0.2, 0.25) is 0 Å². The summed E-state index contributed by atoms with van der Waals surface area (Å²) in [5, 5.41) is 14.7. The van der Waals surface area contributed by atoms with E-state index < -0.39 is 6.10 Å². The summed E-state index contributed by atoms with van der Waals surface area (Å²) >= 11 is 0. The first kappa shape index (κ1) is 12.6. The number of hydrogen-bond donors (Lipinski definition) is 1. The standard InChI is InChI=1S/C13H22N2O2/c1-15-9-6-11(14-15)10-12(16)13(17-2)7-4-3-5-8-13/h6,9,12,16H,3-5,7-8,10H2,1-2H3. The highest BCUT2D eigenvalue weighted by Crippen LogP contribution is 2.35. The van der Waals surface area contributed by atoms with Crippen molar-refractivity contribution >= 4 is 0 Å². The molecule has 0 aromatic carbocycles. The molecule has 0 spiro atoms. The molecule has 4 nitrogen and oxygen atoms in total. The first-order chi connectivity index (χ1) is 8.16. The predicted molar refractivity (Wildman–Crippen MR) is 65.7 cm³/mol. The average Bonchev–Trinajstić information content (AvgIpc) is 2.75. The third-order valence-electron chi connectivity index (χ3n) is 3.89. The van der Waals surface area contributed by atoms with Crippen LogP contribution in [0.25, 0.3) is 0 Å². The maximum absolute atomic E-state index is 10.4. The zero-order valence-corrected chi connectivity index (χ0v) is 10.7. The fraction of sp³-hybridized carbons (Fsp3) is 0.769. The summed E-state index contributed by atoms with van der Waals surface area (Å²) in [6, 6.07) is 1.95. The lowest BCUT2D eigenvalue weighted by atomic mass is 9.79. The molecule has 1 aromatic rings. The van der Waals surface area contributed by atoms with Gasteiger partial charge in [-0.05, 0) is 18.9 Å². The summed E-state index contributed by atoms with van der Waals surface area (Å²) < 4.78 is 7.40. The van der Waals surface area contributed by atoms with E-state index in [1.807, 2.05) is 19.3 Å². The van der Waals surface area contributed by atoms with Crippen LogP contribution in [0.1, 0.15) is 37.8 Å². The molecule has 1 heterocycles. The molecular formula is C13H22N2O2. The van der Waals surface area contributed by atoms with E-state index in [0.717, 1.165) is 31.4 Å². The Bertz CT molecular complexity index is 356. The van der Waals surface area contributed by atoms with E-state index in [2.05, 4.69) is 5.10 Å². The van der Waals surface area contributed by atoms with Crippen molar-refractivity contribution in [3.8, 4) is 0 Å². The molecule has 1 atom stereocenters. The number of nitrogens with zero attached hydrogens (tertiary/aromatic N) is 2. The third-order valence-corrected chi connectivity index (χ3v) is 3.89. The van der Waals surface area contributed by atoms with Crippen molar-refractivity contribution in [3.63, 3.8) is 0 Å². The lowest BCUT2D eigenvalue weighted by molar-refractivity contribution is -0.122. The number of aliphatic hydroxyl groups is 1. The first-order valence-corrected chi connectivity index (χ1v) is 6.38. The number of aryl methyl sites for hydroxylation is 1. The molecule has 1 fully saturated rings. The van der Waals surface area contributed by atoms with Crippen molar-refractivity contribution in [2.24, 2.45) is 7.05 Å².